The van der Waals surface area contributed by atoms with Crippen molar-refractivity contribution >= 4 is 5.97 Å². The first-order valence-electron chi connectivity index (χ1n) is 6.92. The van der Waals surface area contributed by atoms with Crippen LogP contribution in [0.1, 0.15) is 51.9 Å². The number of carboxylic acid groups (broad SMARTS) is 1. The molecule has 0 aromatic heterocycles. The van der Waals surface area contributed by atoms with Gasteiger partial charge in [0.2, 0.25) is 0 Å². The minimum Gasteiger partial charge on any atom is -0.478 e. The van der Waals surface area contributed by atoms with E-state index in [1.54, 1.807) is 38.5 Å². The van der Waals surface area contributed by atoms with E-state index in [0.29, 0.717) is 0 Å². The van der Waals surface area contributed by atoms with Crippen LogP contribution in [-0.4, -0.2) is 11.1 Å². The molecule has 4 bridgehead atoms. The summed E-state index contributed by atoms with van der Waals surface area (Å²) in [6.45, 7) is 5.38. The highest BCUT2D eigenvalue weighted by molar-refractivity contribution is 5.78. The van der Waals surface area contributed by atoms with Crippen molar-refractivity contribution in [1.29, 1.82) is 0 Å². The molecule has 0 saturated heterocycles. The number of hydrogen-bond acceptors (Lipinski definition) is 1. The Kier molecular flexibility index (Phi) is 3.60. The van der Waals surface area contributed by atoms with Crippen molar-refractivity contribution in [2.24, 2.45) is 23.2 Å². The van der Waals surface area contributed by atoms with Crippen LogP contribution in [0.15, 0.2) is 12.7 Å². The Hall–Kier alpha value is -0.790. The molecule has 0 aromatic carbocycles. The van der Waals surface area contributed by atoms with E-state index in [1.165, 1.54) is 6.42 Å². The molecule has 0 heterocycles. The second kappa shape index (κ2) is 4.83. The van der Waals surface area contributed by atoms with Gasteiger partial charge in [-0.15, -0.1) is 0 Å². The molecular weight excluding hydrogens is 212 g/mol. The molecule has 0 unspecified atom stereocenters. The van der Waals surface area contributed by atoms with E-state index in [1.807, 2.05) is 0 Å². The van der Waals surface area contributed by atoms with Gasteiger partial charge < -0.3 is 5.11 Å². The first-order valence-corrected chi connectivity index (χ1v) is 6.92. The van der Waals surface area contributed by atoms with Crippen molar-refractivity contribution in [3.8, 4) is 0 Å². The fourth-order valence-corrected chi connectivity index (χ4v) is 4.72. The maximum atomic E-state index is 9.25. The molecule has 2 heteroatoms. The number of carbonyl (C=O) groups is 1. The van der Waals surface area contributed by atoms with Crippen molar-refractivity contribution in [1.82, 2.24) is 0 Å². The van der Waals surface area contributed by atoms with Crippen LogP contribution in [0.5, 0.6) is 0 Å². The Labute approximate surface area is 104 Å². The summed E-state index contributed by atoms with van der Waals surface area (Å²) in [4.78, 5) is 9.25. The van der Waals surface area contributed by atoms with Gasteiger partial charge in [-0.3, -0.25) is 0 Å². The number of hydrogen-bond donors (Lipinski definition) is 1. The van der Waals surface area contributed by atoms with Crippen LogP contribution in [-0.2, 0) is 4.79 Å². The standard InChI is InChI=1S/C12H20.C3H4O2/c1-2-12-6-9-3-10(7-12)5-11(4-9)8-12;1-2-3(4)5/h9-11H,2-8H2,1H3;2H,1H2,(H,4,5). The van der Waals surface area contributed by atoms with Gasteiger partial charge in [-0.1, -0.05) is 19.9 Å². The Morgan fingerprint density at radius 1 is 1.24 bits per heavy atom. The van der Waals surface area contributed by atoms with Crippen LogP contribution in [0, 0.1) is 23.2 Å². The fraction of sp³-hybridized carbons (Fsp3) is 0.800. The van der Waals surface area contributed by atoms with Gasteiger partial charge >= 0.3 is 5.97 Å². The summed E-state index contributed by atoms with van der Waals surface area (Å²) < 4.78 is 0. The molecule has 0 atom stereocenters. The van der Waals surface area contributed by atoms with Crippen molar-refractivity contribution in [2.75, 3.05) is 0 Å². The number of aliphatic carboxylic acids is 1. The quantitative estimate of drug-likeness (QED) is 0.739. The van der Waals surface area contributed by atoms with E-state index in [4.69, 9.17) is 5.11 Å². The highest BCUT2D eigenvalue weighted by Crippen LogP contribution is 2.61. The molecule has 2 nitrogen and oxygen atoms in total. The maximum Gasteiger partial charge on any atom is 0.327 e. The molecule has 0 aromatic rings. The molecule has 0 radical (unpaired) electrons. The minimum absolute atomic E-state index is 0.833. The minimum atomic E-state index is -0.981. The summed E-state index contributed by atoms with van der Waals surface area (Å²) in [6, 6.07) is 0. The molecule has 4 aliphatic carbocycles. The summed E-state index contributed by atoms with van der Waals surface area (Å²) in [5, 5.41) is 7.60. The molecule has 0 aliphatic heterocycles. The lowest BCUT2D eigenvalue weighted by molar-refractivity contribution is -0.131. The molecule has 4 aliphatic rings. The largest absolute Gasteiger partial charge is 0.478 e. The third kappa shape index (κ3) is 2.72. The van der Waals surface area contributed by atoms with Gasteiger partial charge in [0.15, 0.2) is 0 Å². The van der Waals surface area contributed by atoms with E-state index in [-0.39, 0.29) is 0 Å². The predicted octanol–water partition coefficient (Wildman–Crippen LogP) is 3.87. The second-order valence-electron chi connectivity index (χ2n) is 6.31. The molecule has 0 amide bonds. The van der Waals surface area contributed by atoms with Crippen molar-refractivity contribution in [3.63, 3.8) is 0 Å². The highest BCUT2D eigenvalue weighted by Gasteiger charge is 2.49. The van der Waals surface area contributed by atoms with Gasteiger partial charge in [0.05, 0.1) is 0 Å². The predicted molar refractivity (Wildman–Crippen MR) is 68.7 cm³/mol. The number of carboxylic acids is 1. The highest BCUT2D eigenvalue weighted by atomic mass is 16.4. The Morgan fingerprint density at radius 3 is 1.82 bits per heavy atom. The molecule has 0 spiro atoms. The van der Waals surface area contributed by atoms with Crippen molar-refractivity contribution in [2.45, 2.75) is 51.9 Å². The van der Waals surface area contributed by atoms with E-state index in [9.17, 15) is 4.79 Å². The van der Waals surface area contributed by atoms with Gasteiger partial charge in [-0.25, -0.2) is 4.79 Å². The summed E-state index contributed by atoms with van der Waals surface area (Å²) in [5.74, 6) is 2.47. The lowest BCUT2D eigenvalue weighted by Crippen LogP contribution is -2.45. The van der Waals surface area contributed by atoms with E-state index >= 15 is 0 Å². The zero-order valence-electron chi connectivity index (χ0n) is 10.8. The van der Waals surface area contributed by atoms with Gasteiger partial charge in [-0.2, -0.15) is 0 Å². The van der Waals surface area contributed by atoms with Gasteiger partial charge in [-0.05, 0) is 61.7 Å². The van der Waals surface area contributed by atoms with Gasteiger partial charge in [0.25, 0.3) is 0 Å². The molecule has 17 heavy (non-hydrogen) atoms. The smallest absolute Gasteiger partial charge is 0.327 e. The monoisotopic (exact) mass is 236 g/mol. The average molecular weight is 236 g/mol. The Morgan fingerprint density at radius 2 is 1.59 bits per heavy atom. The van der Waals surface area contributed by atoms with Crippen molar-refractivity contribution in [3.05, 3.63) is 12.7 Å². The third-order valence-corrected chi connectivity index (χ3v) is 5.09. The summed E-state index contributed by atoms with van der Waals surface area (Å²) in [7, 11) is 0. The van der Waals surface area contributed by atoms with Crippen LogP contribution in [0.25, 0.3) is 0 Å². The van der Waals surface area contributed by atoms with E-state index in [2.05, 4.69) is 13.5 Å². The molecule has 1 N–H and O–H groups in total. The zero-order chi connectivity index (χ0) is 12.5. The van der Waals surface area contributed by atoms with Crippen LogP contribution < -0.4 is 0 Å². The van der Waals surface area contributed by atoms with Crippen LogP contribution in [0.3, 0.4) is 0 Å². The molecular formula is C15H24O2. The molecule has 4 fully saturated rings. The Bertz CT molecular complexity index is 271. The zero-order valence-corrected chi connectivity index (χ0v) is 10.8. The molecule has 96 valence electrons. The van der Waals surface area contributed by atoms with Crippen LogP contribution in [0.2, 0.25) is 0 Å². The summed E-state index contributed by atoms with van der Waals surface area (Å²) >= 11 is 0. The first-order chi connectivity index (χ1) is 8.07. The van der Waals surface area contributed by atoms with Crippen molar-refractivity contribution < 1.29 is 9.90 Å². The lowest BCUT2D eigenvalue weighted by Gasteiger charge is -2.56. The lowest BCUT2D eigenvalue weighted by atomic mass is 9.49. The van der Waals surface area contributed by atoms with E-state index in [0.717, 1.165) is 29.2 Å². The van der Waals surface area contributed by atoms with E-state index < -0.39 is 5.97 Å². The second-order valence-corrected chi connectivity index (χ2v) is 6.31. The first kappa shape index (κ1) is 12.7. The summed E-state index contributed by atoms with van der Waals surface area (Å²) in [5.41, 5.74) is 0.842. The summed E-state index contributed by atoms with van der Waals surface area (Å²) in [6.07, 6.45) is 11.9. The maximum absolute atomic E-state index is 9.25. The SMILES string of the molecule is C=CC(=O)O.CCC12CC3CC(CC(C3)C1)C2. The average Bonchev–Trinajstić information content (AvgIpc) is 2.28. The molecule has 4 rings (SSSR count). The number of rotatable bonds is 2. The normalized spacial score (nSPS) is 41.6. The van der Waals surface area contributed by atoms with Gasteiger partial charge in [0.1, 0.15) is 0 Å². The van der Waals surface area contributed by atoms with Gasteiger partial charge in [0, 0.05) is 6.08 Å². The fourth-order valence-electron chi connectivity index (χ4n) is 4.72. The topological polar surface area (TPSA) is 37.3 Å². The third-order valence-electron chi connectivity index (χ3n) is 5.09. The van der Waals surface area contributed by atoms with Crippen LogP contribution >= 0.6 is 0 Å². The Balaban J connectivity index is 0.000000188. The van der Waals surface area contributed by atoms with Crippen LogP contribution in [0.4, 0.5) is 0 Å². The molecule has 4 saturated carbocycles.